The van der Waals surface area contributed by atoms with Crippen molar-refractivity contribution in [3.8, 4) is 0 Å². The van der Waals surface area contributed by atoms with Gasteiger partial charge in [0.1, 0.15) is 11.5 Å². The first-order valence-corrected chi connectivity index (χ1v) is 9.54. The van der Waals surface area contributed by atoms with Gasteiger partial charge in [-0.05, 0) is 39.0 Å². The number of hydrogen-bond acceptors (Lipinski definition) is 2. The fourth-order valence-corrected chi connectivity index (χ4v) is 3.30. The third-order valence-corrected chi connectivity index (χ3v) is 4.56. The Labute approximate surface area is 170 Å². The van der Waals surface area contributed by atoms with Gasteiger partial charge in [0.15, 0.2) is 0 Å². The molecule has 1 heterocycles. The molecule has 0 aliphatic rings. The van der Waals surface area contributed by atoms with Crippen molar-refractivity contribution >= 4 is 22.7 Å². The molecule has 0 atom stereocenters. The van der Waals surface area contributed by atoms with Crippen LogP contribution in [0.2, 0.25) is 0 Å². The van der Waals surface area contributed by atoms with Crippen LogP contribution >= 0.6 is 0 Å². The molecule has 0 spiro atoms. The number of rotatable bonds is 5. The molecular weight excluding hydrogens is 369 g/mol. The third-order valence-electron chi connectivity index (χ3n) is 4.56. The number of nitrogens with one attached hydrogen (secondary N) is 1. The first-order chi connectivity index (χ1) is 13.7. The molecule has 6 heteroatoms. The van der Waals surface area contributed by atoms with Gasteiger partial charge in [-0.3, -0.25) is 9.59 Å². The summed E-state index contributed by atoms with van der Waals surface area (Å²) in [6.45, 7) is 5.83. The van der Waals surface area contributed by atoms with Crippen molar-refractivity contribution in [3.63, 3.8) is 0 Å². The van der Waals surface area contributed by atoms with Crippen molar-refractivity contribution < 1.29 is 14.0 Å². The Morgan fingerprint density at radius 2 is 1.72 bits per heavy atom. The summed E-state index contributed by atoms with van der Waals surface area (Å²) in [6, 6.07) is 15.9. The van der Waals surface area contributed by atoms with Crippen LogP contribution in [0.5, 0.6) is 0 Å². The Morgan fingerprint density at radius 1 is 1.07 bits per heavy atom. The molecule has 0 unspecified atom stereocenters. The number of nitrogens with zero attached hydrogens (tertiary/aromatic N) is 2. The molecule has 0 aliphatic heterocycles. The molecule has 0 bridgehead atoms. The Morgan fingerprint density at radius 3 is 2.41 bits per heavy atom. The largest absolute Gasteiger partial charge is 0.350 e. The zero-order valence-electron chi connectivity index (χ0n) is 17.2. The molecule has 3 aromatic rings. The van der Waals surface area contributed by atoms with E-state index in [1.165, 1.54) is 11.0 Å². The first-order valence-electron chi connectivity index (χ1n) is 9.54. The van der Waals surface area contributed by atoms with E-state index < -0.39 is 0 Å². The van der Waals surface area contributed by atoms with Gasteiger partial charge in [0.25, 0.3) is 5.91 Å². The van der Waals surface area contributed by atoms with Crippen molar-refractivity contribution in [2.45, 2.75) is 32.9 Å². The Bertz CT molecular complexity index is 1050. The smallest absolute Gasteiger partial charge is 0.270 e. The standard InChI is InChI=1S/C23H26FN3O2/c1-23(2,3)25-21(28)15-26(4)22(29)20-13-16-9-6-8-12-19(16)27(20)14-17-10-5-7-11-18(17)24/h5-13H,14-15H2,1-4H3,(H,25,28). The van der Waals surface area contributed by atoms with Gasteiger partial charge in [0.05, 0.1) is 13.1 Å². The quantitative estimate of drug-likeness (QED) is 0.714. The van der Waals surface area contributed by atoms with E-state index >= 15 is 0 Å². The second-order valence-electron chi connectivity index (χ2n) is 8.23. The highest BCUT2D eigenvalue weighted by Gasteiger charge is 2.22. The molecule has 0 aliphatic carbocycles. The van der Waals surface area contributed by atoms with Crippen LogP contribution in [-0.4, -0.2) is 40.4 Å². The molecule has 0 saturated heterocycles. The summed E-state index contributed by atoms with van der Waals surface area (Å²) in [7, 11) is 1.59. The molecule has 29 heavy (non-hydrogen) atoms. The van der Waals surface area contributed by atoms with Gasteiger partial charge in [-0.15, -0.1) is 0 Å². The summed E-state index contributed by atoms with van der Waals surface area (Å²) < 4.78 is 16.0. The van der Waals surface area contributed by atoms with Crippen LogP contribution in [0.15, 0.2) is 54.6 Å². The summed E-state index contributed by atoms with van der Waals surface area (Å²) in [6.07, 6.45) is 0. The van der Waals surface area contributed by atoms with E-state index in [9.17, 15) is 14.0 Å². The van der Waals surface area contributed by atoms with Gasteiger partial charge in [0, 0.05) is 29.1 Å². The van der Waals surface area contributed by atoms with E-state index in [1.54, 1.807) is 35.9 Å². The minimum Gasteiger partial charge on any atom is -0.350 e. The highest BCUT2D eigenvalue weighted by atomic mass is 19.1. The van der Waals surface area contributed by atoms with Gasteiger partial charge in [-0.1, -0.05) is 36.4 Å². The number of carbonyl (C=O) groups is 2. The minimum absolute atomic E-state index is 0.0582. The second-order valence-corrected chi connectivity index (χ2v) is 8.23. The van der Waals surface area contributed by atoms with E-state index in [0.29, 0.717) is 11.3 Å². The Balaban J connectivity index is 1.93. The number of likely N-dealkylation sites (N-methyl/N-ethyl adjacent to an activating group) is 1. The number of aromatic nitrogens is 1. The third kappa shape index (κ3) is 4.83. The van der Waals surface area contributed by atoms with Crippen LogP contribution in [0.1, 0.15) is 36.8 Å². The maximum absolute atomic E-state index is 14.2. The van der Waals surface area contributed by atoms with Crippen molar-refractivity contribution in [1.29, 1.82) is 0 Å². The van der Waals surface area contributed by atoms with Crippen LogP contribution in [0.4, 0.5) is 4.39 Å². The molecular formula is C23H26FN3O2. The molecule has 2 aromatic carbocycles. The van der Waals surface area contributed by atoms with Crippen molar-refractivity contribution in [2.24, 2.45) is 0 Å². The van der Waals surface area contributed by atoms with E-state index in [-0.39, 0.29) is 36.3 Å². The van der Waals surface area contributed by atoms with Crippen LogP contribution in [0, 0.1) is 5.82 Å². The normalized spacial score (nSPS) is 11.5. The van der Waals surface area contributed by atoms with Crippen molar-refractivity contribution in [3.05, 3.63) is 71.7 Å². The van der Waals surface area contributed by atoms with Crippen LogP contribution in [0.3, 0.4) is 0 Å². The van der Waals surface area contributed by atoms with Gasteiger partial charge >= 0.3 is 0 Å². The number of amides is 2. The fourth-order valence-electron chi connectivity index (χ4n) is 3.30. The molecule has 3 rings (SSSR count). The van der Waals surface area contributed by atoms with E-state index in [1.807, 2.05) is 45.0 Å². The van der Waals surface area contributed by atoms with Gasteiger partial charge in [-0.2, -0.15) is 0 Å². The molecule has 152 valence electrons. The van der Waals surface area contributed by atoms with E-state index in [4.69, 9.17) is 0 Å². The van der Waals surface area contributed by atoms with Crippen LogP contribution in [-0.2, 0) is 11.3 Å². The summed E-state index contributed by atoms with van der Waals surface area (Å²) in [4.78, 5) is 26.8. The second kappa shape index (κ2) is 8.07. The van der Waals surface area contributed by atoms with E-state index in [2.05, 4.69) is 5.32 Å². The number of carbonyl (C=O) groups excluding carboxylic acids is 2. The molecule has 2 amide bonds. The number of para-hydroxylation sites is 1. The number of halogens is 1. The molecule has 0 saturated carbocycles. The summed E-state index contributed by atoms with van der Waals surface area (Å²) in [5.74, 6) is -0.840. The topological polar surface area (TPSA) is 54.3 Å². The lowest BCUT2D eigenvalue weighted by Crippen LogP contribution is -2.46. The fraction of sp³-hybridized carbons (Fsp3) is 0.304. The lowest BCUT2D eigenvalue weighted by atomic mass is 10.1. The van der Waals surface area contributed by atoms with Gasteiger partial charge in [-0.25, -0.2) is 4.39 Å². The van der Waals surface area contributed by atoms with Gasteiger partial charge < -0.3 is 14.8 Å². The van der Waals surface area contributed by atoms with Gasteiger partial charge in [0.2, 0.25) is 5.91 Å². The minimum atomic E-state index is -0.374. The van der Waals surface area contributed by atoms with Crippen LogP contribution < -0.4 is 5.32 Å². The van der Waals surface area contributed by atoms with Crippen molar-refractivity contribution in [1.82, 2.24) is 14.8 Å². The lowest BCUT2D eigenvalue weighted by Gasteiger charge is -2.23. The zero-order valence-corrected chi connectivity index (χ0v) is 17.2. The SMILES string of the molecule is CN(CC(=O)NC(C)(C)C)C(=O)c1cc2ccccc2n1Cc1ccccc1F. The highest BCUT2D eigenvalue weighted by molar-refractivity contribution is 6.00. The Kier molecular flexibility index (Phi) is 5.73. The molecule has 0 fully saturated rings. The maximum Gasteiger partial charge on any atom is 0.270 e. The highest BCUT2D eigenvalue weighted by Crippen LogP contribution is 2.23. The average molecular weight is 395 g/mol. The summed E-state index contributed by atoms with van der Waals surface area (Å²) in [5.41, 5.74) is 1.38. The zero-order chi connectivity index (χ0) is 21.2. The number of hydrogen-bond donors (Lipinski definition) is 1. The molecule has 1 N–H and O–H groups in total. The lowest BCUT2D eigenvalue weighted by molar-refractivity contribution is -0.122. The molecule has 0 radical (unpaired) electrons. The average Bonchev–Trinajstić information content (AvgIpc) is 3.00. The van der Waals surface area contributed by atoms with Crippen molar-refractivity contribution in [2.75, 3.05) is 13.6 Å². The first kappa shape index (κ1) is 20.6. The van der Waals surface area contributed by atoms with E-state index in [0.717, 1.165) is 10.9 Å². The van der Waals surface area contributed by atoms with Crippen LogP contribution in [0.25, 0.3) is 10.9 Å². The number of fused-ring (bicyclic) bond motifs is 1. The predicted molar refractivity (Wildman–Crippen MR) is 112 cm³/mol. The Hall–Kier alpha value is -3.15. The summed E-state index contributed by atoms with van der Waals surface area (Å²) in [5, 5.41) is 3.74. The molecule has 5 nitrogen and oxygen atoms in total. The predicted octanol–water partition coefficient (Wildman–Crippen LogP) is 3.82. The molecule has 1 aromatic heterocycles. The monoisotopic (exact) mass is 395 g/mol. The maximum atomic E-state index is 14.2. The number of benzene rings is 2. The summed E-state index contributed by atoms with van der Waals surface area (Å²) >= 11 is 0.